The van der Waals surface area contributed by atoms with Crippen molar-refractivity contribution in [1.29, 1.82) is 0 Å². The molecule has 2 unspecified atom stereocenters. The van der Waals surface area contributed by atoms with Crippen LogP contribution in [0, 0.1) is 21.4 Å². The minimum Gasteiger partial charge on any atom is -0.326 e. The van der Waals surface area contributed by atoms with Crippen molar-refractivity contribution < 1.29 is 4.92 Å². The van der Waals surface area contributed by atoms with Gasteiger partial charge in [-0.2, -0.15) is 0 Å². The Bertz CT molecular complexity index is 1010. The molecule has 4 rings (SSSR count). The maximum Gasteiger partial charge on any atom is 0.269 e. The number of non-ortho nitro benzene ring substituents is 1. The lowest BCUT2D eigenvalue weighted by Crippen LogP contribution is -2.29. The van der Waals surface area contributed by atoms with Crippen LogP contribution in [0.15, 0.2) is 48.5 Å². The predicted molar refractivity (Wildman–Crippen MR) is 112 cm³/mol. The number of hydrogen-bond donors (Lipinski definition) is 1. The van der Waals surface area contributed by atoms with Crippen molar-refractivity contribution in [2.24, 2.45) is 11.3 Å². The smallest absolute Gasteiger partial charge is 0.269 e. The third kappa shape index (κ3) is 3.59. The van der Waals surface area contributed by atoms with Gasteiger partial charge in [0.05, 0.1) is 16.0 Å². The number of rotatable bonds is 4. The Hall–Kier alpha value is -2.89. The average molecular weight is 378 g/mol. The van der Waals surface area contributed by atoms with Crippen molar-refractivity contribution in [3.8, 4) is 0 Å². The number of fused-ring (bicyclic) bond motifs is 1. The molecule has 0 bridgehead atoms. The van der Waals surface area contributed by atoms with Gasteiger partial charge >= 0.3 is 0 Å². The van der Waals surface area contributed by atoms with Crippen LogP contribution in [0.5, 0.6) is 0 Å². The number of anilines is 2. The molecule has 0 radical (unpaired) electrons. The van der Waals surface area contributed by atoms with Gasteiger partial charge < -0.3 is 9.88 Å². The molecule has 6 nitrogen and oxygen atoms in total. The van der Waals surface area contributed by atoms with E-state index in [-0.39, 0.29) is 10.6 Å². The van der Waals surface area contributed by atoms with E-state index in [9.17, 15) is 10.1 Å². The molecule has 28 heavy (non-hydrogen) atoms. The molecule has 1 aromatic heterocycles. The van der Waals surface area contributed by atoms with E-state index in [0.29, 0.717) is 17.4 Å². The second kappa shape index (κ2) is 6.93. The Morgan fingerprint density at radius 2 is 1.86 bits per heavy atom. The number of aromatic nitrogens is 2. The first-order valence-corrected chi connectivity index (χ1v) is 9.81. The summed E-state index contributed by atoms with van der Waals surface area (Å²) in [5.41, 5.74) is 3.26. The first-order chi connectivity index (χ1) is 13.3. The van der Waals surface area contributed by atoms with Crippen LogP contribution in [0.3, 0.4) is 0 Å². The zero-order chi connectivity index (χ0) is 19.9. The van der Waals surface area contributed by atoms with Crippen LogP contribution < -0.4 is 5.32 Å². The SMILES string of the molecule is CC1CC(n2c(Nc3ccc([N+](=O)[O-])cc3)nc3ccccc32)CC(C)(C)C1. The Morgan fingerprint density at radius 3 is 2.54 bits per heavy atom. The predicted octanol–water partition coefficient (Wildman–Crippen LogP) is 6.08. The van der Waals surface area contributed by atoms with Crippen molar-refractivity contribution in [3.05, 3.63) is 58.6 Å². The zero-order valence-electron chi connectivity index (χ0n) is 16.6. The van der Waals surface area contributed by atoms with Crippen LogP contribution in [-0.4, -0.2) is 14.5 Å². The third-order valence-corrected chi connectivity index (χ3v) is 5.66. The lowest BCUT2D eigenvalue weighted by molar-refractivity contribution is -0.384. The molecule has 0 saturated heterocycles. The Kier molecular flexibility index (Phi) is 4.57. The summed E-state index contributed by atoms with van der Waals surface area (Å²) in [5, 5.41) is 14.3. The summed E-state index contributed by atoms with van der Waals surface area (Å²) in [5.74, 6) is 1.45. The van der Waals surface area contributed by atoms with Gasteiger partial charge in [0, 0.05) is 23.9 Å². The number of nitro groups is 1. The lowest BCUT2D eigenvalue weighted by Gasteiger charge is -2.40. The summed E-state index contributed by atoms with van der Waals surface area (Å²) < 4.78 is 2.33. The summed E-state index contributed by atoms with van der Waals surface area (Å²) >= 11 is 0. The number of nitrogens with one attached hydrogen (secondary N) is 1. The second-order valence-electron chi connectivity index (χ2n) is 8.79. The van der Waals surface area contributed by atoms with E-state index in [1.807, 2.05) is 18.2 Å². The van der Waals surface area contributed by atoms with E-state index in [1.165, 1.54) is 18.6 Å². The third-order valence-electron chi connectivity index (χ3n) is 5.66. The quantitative estimate of drug-likeness (QED) is 0.441. The van der Waals surface area contributed by atoms with Gasteiger partial charge in [-0.3, -0.25) is 10.1 Å². The summed E-state index contributed by atoms with van der Waals surface area (Å²) in [6.45, 7) is 7.02. The Labute approximate surface area is 164 Å². The first-order valence-electron chi connectivity index (χ1n) is 9.81. The summed E-state index contributed by atoms with van der Waals surface area (Å²) in [4.78, 5) is 15.4. The largest absolute Gasteiger partial charge is 0.326 e. The Morgan fingerprint density at radius 1 is 1.14 bits per heavy atom. The maximum absolute atomic E-state index is 10.9. The van der Waals surface area contributed by atoms with Gasteiger partial charge in [-0.05, 0) is 54.9 Å². The molecule has 3 aromatic rings. The minimum absolute atomic E-state index is 0.0851. The summed E-state index contributed by atoms with van der Waals surface area (Å²) in [6, 6.07) is 15.1. The number of para-hydroxylation sites is 2. The number of imidazole rings is 1. The van der Waals surface area contributed by atoms with Crippen molar-refractivity contribution in [3.63, 3.8) is 0 Å². The molecule has 1 N–H and O–H groups in total. The molecule has 0 amide bonds. The van der Waals surface area contributed by atoms with E-state index in [4.69, 9.17) is 4.98 Å². The van der Waals surface area contributed by atoms with Gasteiger partial charge in [-0.1, -0.05) is 32.9 Å². The highest BCUT2D eigenvalue weighted by molar-refractivity contribution is 5.80. The van der Waals surface area contributed by atoms with E-state index < -0.39 is 0 Å². The summed E-state index contributed by atoms with van der Waals surface area (Å²) in [6.07, 6.45) is 3.46. The molecule has 2 atom stereocenters. The minimum atomic E-state index is -0.384. The molecule has 146 valence electrons. The van der Waals surface area contributed by atoms with Crippen LogP contribution in [0.25, 0.3) is 11.0 Å². The number of benzene rings is 2. The van der Waals surface area contributed by atoms with Crippen LogP contribution in [0.4, 0.5) is 17.3 Å². The number of nitrogens with zero attached hydrogens (tertiary/aromatic N) is 3. The molecule has 0 spiro atoms. The van der Waals surface area contributed by atoms with Crippen molar-refractivity contribution >= 4 is 28.4 Å². The average Bonchev–Trinajstić information content (AvgIpc) is 2.98. The van der Waals surface area contributed by atoms with E-state index >= 15 is 0 Å². The summed E-state index contributed by atoms with van der Waals surface area (Å²) in [7, 11) is 0. The molecule has 2 aromatic carbocycles. The van der Waals surface area contributed by atoms with Gasteiger partial charge in [-0.15, -0.1) is 0 Å². The van der Waals surface area contributed by atoms with Gasteiger partial charge in [0.25, 0.3) is 5.69 Å². The second-order valence-corrected chi connectivity index (χ2v) is 8.79. The van der Waals surface area contributed by atoms with Crippen molar-refractivity contribution in [2.45, 2.75) is 46.1 Å². The van der Waals surface area contributed by atoms with E-state index in [0.717, 1.165) is 35.5 Å². The monoisotopic (exact) mass is 378 g/mol. The standard InChI is InChI=1S/C22H26N4O2/c1-15-12-18(14-22(2,3)13-15)25-20-7-5-4-6-19(20)24-21(25)23-16-8-10-17(11-9-16)26(27)28/h4-11,15,18H,12-14H2,1-3H3,(H,23,24). The fourth-order valence-electron chi connectivity index (χ4n) is 4.79. The molecule has 1 aliphatic rings. The topological polar surface area (TPSA) is 73.0 Å². The van der Waals surface area contributed by atoms with Gasteiger partial charge in [0.15, 0.2) is 0 Å². The van der Waals surface area contributed by atoms with Gasteiger partial charge in [0.2, 0.25) is 5.95 Å². The molecule has 0 aliphatic heterocycles. The molecule has 1 aliphatic carbocycles. The normalized spacial score (nSPS) is 21.5. The van der Waals surface area contributed by atoms with E-state index in [1.54, 1.807) is 12.1 Å². The molecular formula is C22H26N4O2. The van der Waals surface area contributed by atoms with Gasteiger partial charge in [-0.25, -0.2) is 4.98 Å². The highest BCUT2D eigenvalue weighted by Crippen LogP contribution is 2.46. The van der Waals surface area contributed by atoms with Crippen LogP contribution in [-0.2, 0) is 0 Å². The molecule has 1 fully saturated rings. The zero-order valence-corrected chi connectivity index (χ0v) is 16.6. The lowest BCUT2D eigenvalue weighted by atomic mass is 9.70. The van der Waals surface area contributed by atoms with E-state index in [2.05, 4.69) is 36.7 Å². The van der Waals surface area contributed by atoms with Crippen molar-refractivity contribution in [1.82, 2.24) is 9.55 Å². The molecule has 6 heteroatoms. The van der Waals surface area contributed by atoms with Crippen molar-refractivity contribution in [2.75, 3.05) is 5.32 Å². The van der Waals surface area contributed by atoms with Crippen LogP contribution in [0.2, 0.25) is 0 Å². The Balaban J connectivity index is 1.74. The maximum atomic E-state index is 10.9. The molecule has 1 saturated carbocycles. The first kappa shape index (κ1) is 18.5. The van der Waals surface area contributed by atoms with Gasteiger partial charge in [0.1, 0.15) is 0 Å². The fourth-order valence-corrected chi connectivity index (χ4v) is 4.79. The molecule has 1 heterocycles. The number of hydrogen-bond acceptors (Lipinski definition) is 4. The van der Waals surface area contributed by atoms with Crippen LogP contribution in [0.1, 0.15) is 46.1 Å². The fraction of sp³-hybridized carbons (Fsp3) is 0.409. The highest BCUT2D eigenvalue weighted by atomic mass is 16.6. The highest BCUT2D eigenvalue weighted by Gasteiger charge is 2.34. The number of nitro benzene ring substituents is 1. The van der Waals surface area contributed by atoms with Crippen LogP contribution >= 0.6 is 0 Å². The molecular weight excluding hydrogens is 352 g/mol.